The van der Waals surface area contributed by atoms with Crippen LogP contribution in [0.1, 0.15) is 29.8 Å². The van der Waals surface area contributed by atoms with Crippen LogP contribution in [0, 0.1) is 0 Å². The van der Waals surface area contributed by atoms with Gasteiger partial charge in [-0.2, -0.15) is 0 Å². The lowest BCUT2D eigenvalue weighted by Crippen LogP contribution is -2.58. The van der Waals surface area contributed by atoms with Gasteiger partial charge in [0.2, 0.25) is 0 Å². The van der Waals surface area contributed by atoms with Crippen molar-refractivity contribution in [3.05, 3.63) is 29.3 Å². The highest BCUT2D eigenvalue weighted by Gasteiger charge is 2.29. The minimum atomic E-state index is -0.00620. The molecule has 0 bridgehead atoms. The lowest BCUT2D eigenvalue weighted by Gasteiger charge is -2.39. The summed E-state index contributed by atoms with van der Waals surface area (Å²) in [5, 5.41) is 3.42. The highest BCUT2D eigenvalue weighted by atomic mass is 16.5. The Morgan fingerprint density at radius 3 is 3.05 bits per heavy atom. The molecule has 1 amide bonds. The van der Waals surface area contributed by atoms with Crippen LogP contribution in [0.25, 0.3) is 0 Å². The summed E-state index contributed by atoms with van der Waals surface area (Å²) in [6, 6.07) is 5.78. The fraction of sp³-hybridized carbons (Fsp3) is 0.533. The summed E-state index contributed by atoms with van der Waals surface area (Å²) >= 11 is 0. The van der Waals surface area contributed by atoms with Crippen molar-refractivity contribution in [2.75, 3.05) is 26.2 Å². The molecule has 1 aromatic rings. The Morgan fingerprint density at radius 1 is 1.42 bits per heavy atom. The van der Waals surface area contributed by atoms with Crippen LogP contribution in [0.5, 0.6) is 5.75 Å². The average molecular weight is 260 g/mol. The van der Waals surface area contributed by atoms with E-state index in [0.29, 0.717) is 0 Å². The first-order valence-corrected chi connectivity index (χ1v) is 6.85. The molecule has 4 nitrogen and oxygen atoms in total. The number of rotatable bonds is 1. The Balaban J connectivity index is 1.80. The molecule has 1 fully saturated rings. The maximum atomic E-state index is 12.5. The van der Waals surface area contributed by atoms with Crippen LogP contribution in [0.15, 0.2) is 18.2 Å². The van der Waals surface area contributed by atoms with E-state index in [9.17, 15) is 4.79 Å². The van der Waals surface area contributed by atoms with Crippen LogP contribution in [-0.4, -0.2) is 42.6 Å². The smallest absolute Gasteiger partial charge is 0.253 e. The molecule has 0 unspecified atom stereocenters. The summed E-state index contributed by atoms with van der Waals surface area (Å²) in [6.45, 7) is 7.36. The number of ether oxygens (including phenoxy) is 1. The number of benzene rings is 1. The fourth-order valence-electron chi connectivity index (χ4n) is 2.82. The zero-order valence-electron chi connectivity index (χ0n) is 11.5. The first-order valence-electron chi connectivity index (χ1n) is 6.85. The number of carbonyl (C=O) groups excluding carboxylic acids is 1. The highest BCUT2D eigenvalue weighted by molar-refractivity contribution is 5.94. The van der Waals surface area contributed by atoms with Gasteiger partial charge < -0.3 is 15.0 Å². The quantitative estimate of drug-likeness (QED) is 0.831. The lowest BCUT2D eigenvalue weighted by atomic mass is 10.0. The standard InChI is InChI=1S/C15H20N2O2/c1-15(2)10-17(7-6-16-15)14(18)12-3-4-13-11(9-12)5-8-19-13/h3-4,9,16H,5-8,10H2,1-2H3. The van der Waals surface area contributed by atoms with Crippen LogP contribution in [-0.2, 0) is 6.42 Å². The summed E-state index contributed by atoms with van der Waals surface area (Å²) in [7, 11) is 0. The monoisotopic (exact) mass is 260 g/mol. The van der Waals surface area contributed by atoms with E-state index in [0.717, 1.165) is 49.5 Å². The van der Waals surface area contributed by atoms with E-state index in [1.165, 1.54) is 0 Å². The molecule has 2 aliphatic heterocycles. The predicted octanol–water partition coefficient (Wildman–Crippen LogP) is 1.45. The minimum Gasteiger partial charge on any atom is -0.493 e. The maximum absolute atomic E-state index is 12.5. The number of amides is 1. The zero-order valence-corrected chi connectivity index (χ0v) is 11.5. The van der Waals surface area contributed by atoms with E-state index >= 15 is 0 Å². The molecule has 4 heteroatoms. The Hall–Kier alpha value is -1.55. The van der Waals surface area contributed by atoms with E-state index in [-0.39, 0.29) is 11.4 Å². The van der Waals surface area contributed by atoms with Crippen molar-refractivity contribution in [1.82, 2.24) is 10.2 Å². The van der Waals surface area contributed by atoms with Gasteiger partial charge in [0.25, 0.3) is 5.91 Å². The molecule has 2 aliphatic rings. The fourth-order valence-corrected chi connectivity index (χ4v) is 2.82. The van der Waals surface area contributed by atoms with Crippen molar-refractivity contribution in [2.45, 2.75) is 25.8 Å². The lowest BCUT2D eigenvalue weighted by molar-refractivity contribution is 0.0652. The molecule has 1 saturated heterocycles. The molecule has 0 aromatic heterocycles. The first kappa shape index (κ1) is 12.5. The molecule has 2 heterocycles. The molecule has 19 heavy (non-hydrogen) atoms. The zero-order chi connectivity index (χ0) is 13.5. The van der Waals surface area contributed by atoms with Crippen molar-refractivity contribution in [1.29, 1.82) is 0 Å². The van der Waals surface area contributed by atoms with Gasteiger partial charge in [0.05, 0.1) is 6.61 Å². The third kappa shape index (κ3) is 2.45. The molecular formula is C15H20N2O2. The summed E-state index contributed by atoms with van der Waals surface area (Å²) in [4.78, 5) is 14.5. The molecule has 0 saturated carbocycles. The van der Waals surface area contributed by atoms with Gasteiger partial charge >= 0.3 is 0 Å². The third-order valence-electron chi connectivity index (χ3n) is 3.80. The van der Waals surface area contributed by atoms with Crippen LogP contribution < -0.4 is 10.1 Å². The number of nitrogens with zero attached hydrogens (tertiary/aromatic N) is 1. The number of piperazine rings is 1. The third-order valence-corrected chi connectivity index (χ3v) is 3.80. The number of carbonyl (C=O) groups is 1. The van der Waals surface area contributed by atoms with Crippen LogP contribution >= 0.6 is 0 Å². The van der Waals surface area contributed by atoms with Gasteiger partial charge in [0, 0.05) is 37.2 Å². The molecule has 102 valence electrons. The Bertz CT molecular complexity index is 511. The van der Waals surface area contributed by atoms with Crippen LogP contribution in [0.3, 0.4) is 0 Å². The molecule has 0 radical (unpaired) electrons. The normalized spacial score (nSPS) is 20.8. The molecule has 3 rings (SSSR count). The van der Waals surface area contributed by atoms with Gasteiger partial charge in [0.1, 0.15) is 5.75 Å². The largest absolute Gasteiger partial charge is 0.493 e. The second-order valence-electron chi connectivity index (χ2n) is 5.96. The second kappa shape index (κ2) is 4.53. The molecule has 0 aliphatic carbocycles. The van der Waals surface area contributed by atoms with E-state index in [1.807, 2.05) is 23.1 Å². The second-order valence-corrected chi connectivity index (χ2v) is 5.96. The van der Waals surface area contributed by atoms with Crippen molar-refractivity contribution in [3.63, 3.8) is 0 Å². The Morgan fingerprint density at radius 2 is 2.26 bits per heavy atom. The molecule has 1 aromatic carbocycles. The number of hydrogen-bond donors (Lipinski definition) is 1. The molecule has 0 atom stereocenters. The number of fused-ring (bicyclic) bond motifs is 1. The number of hydrogen-bond acceptors (Lipinski definition) is 3. The molecule has 1 N–H and O–H groups in total. The molecule has 0 spiro atoms. The first-order chi connectivity index (χ1) is 9.05. The van der Waals surface area contributed by atoms with Crippen molar-refractivity contribution >= 4 is 5.91 Å². The van der Waals surface area contributed by atoms with Crippen LogP contribution in [0.2, 0.25) is 0 Å². The Labute approximate surface area is 113 Å². The minimum absolute atomic E-state index is 0.00620. The van der Waals surface area contributed by atoms with Crippen molar-refractivity contribution in [2.24, 2.45) is 0 Å². The summed E-state index contributed by atoms with van der Waals surface area (Å²) < 4.78 is 5.48. The van der Waals surface area contributed by atoms with Gasteiger partial charge in [-0.15, -0.1) is 0 Å². The van der Waals surface area contributed by atoms with Crippen molar-refractivity contribution in [3.8, 4) is 5.75 Å². The van der Waals surface area contributed by atoms with Crippen molar-refractivity contribution < 1.29 is 9.53 Å². The average Bonchev–Trinajstić information content (AvgIpc) is 2.83. The Kier molecular flexibility index (Phi) is 2.97. The van der Waals surface area contributed by atoms with E-state index in [4.69, 9.17) is 4.74 Å². The maximum Gasteiger partial charge on any atom is 0.253 e. The van der Waals surface area contributed by atoms with Crippen LogP contribution in [0.4, 0.5) is 0 Å². The summed E-state index contributed by atoms with van der Waals surface area (Å²) in [5.41, 5.74) is 1.93. The number of nitrogens with one attached hydrogen (secondary N) is 1. The molecular weight excluding hydrogens is 240 g/mol. The van der Waals surface area contributed by atoms with Gasteiger partial charge in [-0.25, -0.2) is 0 Å². The summed E-state index contributed by atoms with van der Waals surface area (Å²) in [6.07, 6.45) is 0.906. The highest BCUT2D eigenvalue weighted by Crippen LogP contribution is 2.26. The SMILES string of the molecule is CC1(C)CN(C(=O)c2ccc3c(c2)CCO3)CCN1. The van der Waals surface area contributed by atoms with E-state index < -0.39 is 0 Å². The van der Waals surface area contributed by atoms with Gasteiger partial charge in [-0.3, -0.25) is 4.79 Å². The topological polar surface area (TPSA) is 41.6 Å². The van der Waals surface area contributed by atoms with Gasteiger partial charge in [0.15, 0.2) is 0 Å². The predicted molar refractivity (Wildman–Crippen MR) is 73.6 cm³/mol. The van der Waals surface area contributed by atoms with E-state index in [2.05, 4.69) is 19.2 Å². The van der Waals surface area contributed by atoms with Gasteiger partial charge in [-0.05, 0) is 37.6 Å². The van der Waals surface area contributed by atoms with Gasteiger partial charge in [-0.1, -0.05) is 0 Å². The van der Waals surface area contributed by atoms with E-state index in [1.54, 1.807) is 0 Å². The summed E-state index contributed by atoms with van der Waals surface area (Å²) in [5.74, 6) is 1.06.